The van der Waals surface area contributed by atoms with Gasteiger partial charge in [-0.3, -0.25) is 4.79 Å². The van der Waals surface area contributed by atoms with Crippen LogP contribution in [-0.4, -0.2) is 47.8 Å². The van der Waals surface area contributed by atoms with E-state index in [2.05, 4.69) is 24.4 Å². The zero-order valence-corrected chi connectivity index (χ0v) is 15.8. The maximum Gasteiger partial charge on any atom is 0.329 e. The van der Waals surface area contributed by atoms with Crippen molar-refractivity contribution in [1.82, 2.24) is 10.4 Å². The minimum atomic E-state index is -1.20. The molecule has 2 aliphatic rings. The maximum atomic E-state index is 12.7. The Hall–Kier alpha value is -1.92. The summed E-state index contributed by atoms with van der Waals surface area (Å²) >= 11 is 0. The zero-order valence-electron chi connectivity index (χ0n) is 15.8. The molecule has 142 valence electrons. The molecule has 2 N–H and O–H groups in total. The molecule has 1 aromatic carbocycles. The van der Waals surface area contributed by atoms with Crippen molar-refractivity contribution < 1.29 is 19.5 Å². The maximum absolute atomic E-state index is 12.7. The minimum absolute atomic E-state index is 0.217. The predicted octanol–water partition coefficient (Wildman–Crippen LogP) is 2.32. The van der Waals surface area contributed by atoms with Gasteiger partial charge in [-0.25, -0.2) is 4.79 Å². The number of carbonyl (C=O) groups excluding carboxylic acids is 1. The molecule has 1 aromatic rings. The van der Waals surface area contributed by atoms with Crippen LogP contribution in [0, 0.1) is 13.8 Å². The first-order chi connectivity index (χ1) is 12.3. The SMILES string of the molecule is CON1CCC(NC(=O)Cc2cc(C3CC3)c(C)cc2C)(C(=O)O)CC1. The number of hydrogen-bond acceptors (Lipinski definition) is 4. The van der Waals surface area contributed by atoms with Gasteiger partial charge in [0.1, 0.15) is 5.54 Å². The normalized spacial score (nSPS) is 20.0. The number of carbonyl (C=O) groups is 2. The molecule has 0 aromatic heterocycles. The van der Waals surface area contributed by atoms with Gasteiger partial charge in [0.15, 0.2) is 0 Å². The Bertz CT molecular complexity index is 704. The highest BCUT2D eigenvalue weighted by atomic mass is 16.7. The summed E-state index contributed by atoms with van der Waals surface area (Å²) in [5, 5.41) is 14.2. The lowest BCUT2D eigenvalue weighted by Crippen LogP contribution is -2.60. The van der Waals surface area contributed by atoms with Gasteiger partial charge in [-0.15, -0.1) is 0 Å². The largest absolute Gasteiger partial charge is 0.480 e. The number of carboxylic acids is 1. The summed E-state index contributed by atoms with van der Waals surface area (Å²) in [6.07, 6.45) is 3.32. The van der Waals surface area contributed by atoms with Crippen molar-refractivity contribution in [2.24, 2.45) is 0 Å². The van der Waals surface area contributed by atoms with E-state index in [4.69, 9.17) is 4.84 Å². The smallest absolute Gasteiger partial charge is 0.329 e. The molecule has 0 bridgehead atoms. The highest BCUT2D eigenvalue weighted by Crippen LogP contribution is 2.42. The van der Waals surface area contributed by atoms with Crippen LogP contribution in [0.25, 0.3) is 0 Å². The third-order valence-electron chi connectivity index (χ3n) is 5.72. The zero-order chi connectivity index (χ0) is 18.9. The Morgan fingerprint density at radius 2 is 1.88 bits per heavy atom. The standard InChI is InChI=1S/C20H28N2O4/c1-13-10-14(2)17(15-4-5-15)11-16(13)12-18(23)21-20(19(24)25)6-8-22(26-3)9-7-20/h10-11,15H,4-9,12H2,1-3H3,(H,21,23)(H,24,25). The summed E-state index contributed by atoms with van der Waals surface area (Å²) in [7, 11) is 1.57. The summed E-state index contributed by atoms with van der Waals surface area (Å²) in [6, 6.07) is 4.28. The third kappa shape index (κ3) is 3.91. The number of hydrogen-bond donors (Lipinski definition) is 2. The molecule has 1 aliphatic heterocycles. The molecule has 3 rings (SSSR count). The summed E-state index contributed by atoms with van der Waals surface area (Å²) in [5.74, 6) is -0.575. The number of carboxylic acid groups (broad SMARTS) is 1. The number of rotatable bonds is 6. The quantitative estimate of drug-likeness (QED) is 0.814. The van der Waals surface area contributed by atoms with Gasteiger partial charge in [-0.05, 0) is 67.7 Å². The van der Waals surface area contributed by atoms with E-state index in [0.29, 0.717) is 31.8 Å². The first-order valence-corrected chi connectivity index (χ1v) is 9.28. The molecule has 1 saturated carbocycles. The van der Waals surface area contributed by atoms with Crippen LogP contribution in [0.4, 0.5) is 0 Å². The van der Waals surface area contributed by atoms with Crippen LogP contribution in [0.3, 0.4) is 0 Å². The molecule has 6 heteroatoms. The molecule has 1 aliphatic carbocycles. The van der Waals surface area contributed by atoms with Gasteiger partial charge in [0.05, 0.1) is 13.5 Å². The monoisotopic (exact) mass is 360 g/mol. The Kier molecular flexibility index (Phi) is 5.34. The topological polar surface area (TPSA) is 78.9 Å². The van der Waals surface area contributed by atoms with Crippen molar-refractivity contribution in [1.29, 1.82) is 0 Å². The van der Waals surface area contributed by atoms with Gasteiger partial charge in [-0.2, -0.15) is 5.06 Å². The molecule has 0 spiro atoms. The number of nitrogens with zero attached hydrogens (tertiary/aromatic N) is 1. The molecule has 0 unspecified atom stereocenters. The van der Waals surface area contributed by atoms with Gasteiger partial charge in [-0.1, -0.05) is 12.1 Å². The van der Waals surface area contributed by atoms with E-state index in [1.54, 1.807) is 12.2 Å². The molecular weight excluding hydrogens is 332 g/mol. The van der Waals surface area contributed by atoms with Gasteiger partial charge in [0, 0.05) is 13.1 Å². The predicted molar refractivity (Wildman–Crippen MR) is 97.9 cm³/mol. The highest BCUT2D eigenvalue weighted by molar-refractivity contribution is 5.88. The van der Waals surface area contributed by atoms with Crippen LogP contribution in [0.5, 0.6) is 0 Å². The molecule has 1 heterocycles. The first-order valence-electron chi connectivity index (χ1n) is 9.28. The van der Waals surface area contributed by atoms with Gasteiger partial charge in [0.2, 0.25) is 5.91 Å². The fraction of sp³-hybridized carbons (Fsp3) is 0.600. The second-order valence-corrected chi connectivity index (χ2v) is 7.63. The molecule has 0 atom stereocenters. The average Bonchev–Trinajstić information content (AvgIpc) is 3.42. The molecular formula is C20H28N2O4. The Morgan fingerprint density at radius 1 is 1.23 bits per heavy atom. The van der Waals surface area contributed by atoms with Crippen LogP contribution >= 0.6 is 0 Å². The number of amides is 1. The van der Waals surface area contributed by atoms with Crippen molar-refractivity contribution in [2.75, 3.05) is 20.2 Å². The fourth-order valence-electron chi connectivity index (χ4n) is 3.87. The number of aryl methyl sites for hydroxylation is 2. The second kappa shape index (κ2) is 7.37. The van der Waals surface area contributed by atoms with E-state index in [-0.39, 0.29) is 12.3 Å². The van der Waals surface area contributed by atoms with Crippen LogP contribution in [0.15, 0.2) is 12.1 Å². The molecule has 6 nitrogen and oxygen atoms in total. The summed E-state index contributed by atoms with van der Waals surface area (Å²) in [6.45, 7) is 5.10. The number of piperidine rings is 1. The van der Waals surface area contributed by atoms with Gasteiger partial charge < -0.3 is 15.3 Å². The van der Waals surface area contributed by atoms with Crippen molar-refractivity contribution >= 4 is 11.9 Å². The molecule has 1 saturated heterocycles. The first kappa shape index (κ1) is 18.9. The van der Waals surface area contributed by atoms with Crippen LogP contribution in [-0.2, 0) is 20.8 Å². The highest BCUT2D eigenvalue weighted by Gasteiger charge is 2.43. The van der Waals surface area contributed by atoms with Crippen molar-refractivity contribution in [2.45, 2.75) is 57.4 Å². The molecule has 26 heavy (non-hydrogen) atoms. The van der Waals surface area contributed by atoms with Crippen LogP contribution < -0.4 is 5.32 Å². The van der Waals surface area contributed by atoms with E-state index in [0.717, 1.165) is 11.1 Å². The van der Waals surface area contributed by atoms with Crippen molar-refractivity contribution in [3.05, 3.63) is 34.4 Å². The van der Waals surface area contributed by atoms with E-state index < -0.39 is 11.5 Å². The van der Waals surface area contributed by atoms with E-state index >= 15 is 0 Å². The Labute approximate surface area is 154 Å². The summed E-state index contributed by atoms with van der Waals surface area (Å²) in [5.41, 5.74) is 3.48. The number of hydroxylamine groups is 2. The number of nitrogens with one attached hydrogen (secondary N) is 1. The molecule has 2 fully saturated rings. The number of benzene rings is 1. The lowest BCUT2D eigenvalue weighted by atomic mass is 9.87. The van der Waals surface area contributed by atoms with Crippen molar-refractivity contribution in [3.63, 3.8) is 0 Å². The Balaban J connectivity index is 1.71. The lowest BCUT2D eigenvalue weighted by molar-refractivity contribution is -0.169. The van der Waals surface area contributed by atoms with Gasteiger partial charge in [0.25, 0.3) is 0 Å². The Morgan fingerprint density at radius 3 is 2.42 bits per heavy atom. The van der Waals surface area contributed by atoms with Gasteiger partial charge >= 0.3 is 5.97 Å². The summed E-state index contributed by atoms with van der Waals surface area (Å²) in [4.78, 5) is 29.7. The molecule has 1 amide bonds. The van der Waals surface area contributed by atoms with Crippen LogP contribution in [0.1, 0.15) is 53.9 Å². The van der Waals surface area contributed by atoms with E-state index in [9.17, 15) is 14.7 Å². The number of aliphatic carboxylic acids is 1. The lowest BCUT2D eigenvalue weighted by Gasteiger charge is -2.38. The van der Waals surface area contributed by atoms with E-state index in [1.807, 2.05) is 6.92 Å². The minimum Gasteiger partial charge on any atom is -0.480 e. The molecule has 0 radical (unpaired) electrons. The average molecular weight is 360 g/mol. The van der Waals surface area contributed by atoms with E-state index in [1.165, 1.54) is 24.0 Å². The summed E-state index contributed by atoms with van der Waals surface area (Å²) < 4.78 is 0. The second-order valence-electron chi connectivity index (χ2n) is 7.63. The van der Waals surface area contributed by atoms with Crippen LogP contribution in [0.2, 0.25) is 0 Å². The fourth-order valence-corrected chi connectivity index (χ4v) is 3.87. The van der Waals surface area contributed by atoms with Crippen molar-refractivity contribution in [3.8, 4) is 0 Å². The third-order valence-corrected chi connectivity index (χ3v) is 5.72.